The Morgan fingerprint density at radius 1 is 0.960 bits per heavy atom. The highest BCUT2D eigenvalue weighted by Crippen LogP contribution is 2.44. The Bertz CT molecular complexity index is 1040. The molecular weight excluding hydrogens is 535 g/mol. The van der Waals surface area contributed by atoms with Crippen molar-refractivity contribution in [1.29, 1.82) is 0 Å². The fourth-order valence-electron chi connectivity index (χ4n) is 3.14. The van der Waals surface area contributed by atoms with E-state index in [2.05, 4.69) is 47.8 Å². The van der Waals surface area contributed by atoms with Crippen LogP contribution in [0.2, 0.25) is 0 Å². The SMILES string of the molecule is Fc1ccc(Br)c(C2=C3C=CC(Br)=[N+]3[B-](F)(F)n3c(Br)ccc32)c1F. The molecule has 2 aromatic rings. The number of benzene rings is 1. The Hall–Kier alpha value is -1.13. The van der Waals surface area contributed by atoms with E-state index < -0.39 is 18.6 Å². The summed E-state index contributed by atoms with van der Waals surface area (Å²) in [5.41, 5.74) is 0.262. The van der Waals surface area contributed by atoms with Gasteiger partial charge >= 0.3 is 6.97 Å². The third-order valence-corrected chi connectivity index (χ3v) is 6.12. The minimum Gasteiger partial charge on any atom is -0.389 e. The van der Waals surface area contributed by atoms with Crippen LogP contribution in [0.15, 0.2) is 51.2 Å². The third kappa shape index (κ3) is 2.30. The van der Waals surface area contributed by atoms with Gasteiger partial charge in [-0.15, -0.1) is 0 Å². The average Bonchev–Trinajstić information content (AvgIpc) is 3.11. The van der Waals surface area contributed by atoms with Crippen LogP contribution in [-0.4, -0.2) is 20.6 Å². The maximum atomic E-state index is 15.1. The first-order chi connectivity index (χ1) is 11.7. The van der Waals surface area contributed by atoms with E-state index in [1.807, 2.05) is 0 Å². The lowest BCUT2D eigenvalue weighted by molar-refractivity contribution is -0.358. The van der Waals surface area contributed by atoms with Gasteiger partial charge in [-0.1, -0.05) is 15.9 Å². The van der Waals surface area contributed by atoms with Gasteiger partial charge < -0.3 is 17.6 Å². The second-order valence-electron chi connectivity index (χ2n) is 5.50. The molecule has 0 aliphatic carbocycles. The molecule has 0 amide bonds. The van der Waals surface area contributed by atoms with E-state index in [0.717, 1.165) is 15.0 Å². The molecule has 25 heavy (non-hydrogen) atoms. The van der Waals surface area contributed by atoms with Crippen LogP contribution in [0.4, 0.5) is 17.4 Å². The topological polar surface area (TPSA) is 7.94 Å². The Morgan fingerprint density at radius 3 is 2.40 bits per heavy atom. The second kappa shape index (κ2) is 5.69. The molecule has 0 unspecified atom stereocenters. The largest absolute Gasteiger partial charge is 0.738 e. The Balaban J connectivity index is 2.18. The molecule has 0 radical (unpaired) electrons. The molecule has 0 saturated heterocycles. The number of nitrogens with zero attached hydrogens (tertiary/aromatic N) is 2. The lowest BCUT2D eigenvalue weighted by Crippen LogP contribution is -2.50. The van der Waals surface area contributed by atoms with Crippen molar-refractivity contribution in [1.82, 2.24) is 4.48 Å². The van der Waals surface area contributed by atoms with Crippen LogP contribution in [0.3, 0.4) is 0 Å². The Labute approximate surface area is 165 Å². The van der Waals surface area contributed by atoms with E-state index in [-0.39, 0.29) is 36.2 Å². The fraction of sp³-hybridized carbons (Fsp3) is 0. The smallest absolute Gasteiger partial charge is 0.389 e. The lowest BCUT2D eigenvalue weighted by atomic mass is 9.86. The van der Waals surface area contributed by atoms with Crippen LogP contribution in [0, 0.1) is 11.6 Å². The summed E-state index contributed by atoms with van der Waals surface area (Å²) in [7, 11) is 0. The summed E-state index contributed by atoms with van der Waals surface area (Å²) < 4.78 is 60.7. The molecule has 0 bridgehead atoms. The molecule has 10 heteroatoms. The highest BCUT2D eigenvalue weighted by atomic mass is 79.9. The molecule has 1 aromatic heterocycles. The van der Waals surface area contributed by atoms with Gasteiger partial charge in [0.05, 0.1) is 10.2 Å². The van der Waals surface area contributed by atoms with Gasteiger partial charge in [0.25, 0.3) is 0 Å². The molecule has 2 nitrogen and oxygen atoms in total. The molecule has 0 spiro atoms. The number of fused-ring (bicyclic) bond motifs is 2. The minimum absolute atomic E-state index is 0.0974. The van der Waals surface area contributed by atoms with E-state index in [0.29, 0.717) is 0 Å². The maximum Gasteiger partial charge on any atom is 0.738 e. The summed E-state index contributed by atoms with van der Waals surface area (Å²) in [4.78, 5) is 0. The number of allylic oxidation sites excluding steroid dienone is 2. The monoisotopic (exact) mass is 538 g/mol. The summed E-state index contributed by atoms with van der Waals surface area (Å²) in [6.07, 6.45) is 2.91. The normalized spacial score (nSPS) is 18.0. The molecule has 1 aromatic carbocycles. The van der Waals surface area contributed by atoms with Crippen molar-refractivity contribution in [3.63, 3.8) is 0 Å². The minimum atomic E-state index is -4.21. The maximum absolute atomic E-state index is 15.1. The number of hydrogen-bond donors (Lipinski definition) is 0. The number of halogens is 7. The highest BCUT2D eigenvalue weighted by molar-refractivity contribution is 9.18. The van der Waals surface area contributed by atoms with E-state index in [4.69, 9.17) is 0 Å². The lowest BCUT2D eigenvalue weighted by Gasteiger charge is -2.32. The molecule has 128 valence electrons. The van der Waals surface area contributed by atoms with Gasteiger partial charge in [0.2, 0.25) is 4.62 Å². The Kier molecular flexibility index (Phi) is 3.93. The van der Waals surface area contributed by atoms with E-state index >= 15 is 8.63 Å². The summed E-state index contributed by atoms with van der Waals surface area (Å²) >= 11 is 9.45. The van der Waals surface area contributed by atoms with Crippen LogP contribution in [0.25, 0.3) is 5.57 Å². The molecule has 2 aliphatic rings. The average molecular weight is 541 g/mol. The fourth-order valence-corrected chi connectivity index (χ4v) is 4.79. The van der Waals surface area contributed by atoms with Gasteiger partial charge in [-0.25, -0.2) is 8.78 Å². The first kappa shape index (κ1) is 17.3. The van der Waals surface area contributed by atoms with Gasteiger partial charge in [-0.3, -0.25) is 0 Å². The van der Waals surface area contributed by atoms with Crippen molar-refractivity contribution in [2.24, 2.45) is 0 Å². The molecule has 0 atom stereocenters. The summed E-state index contributed by atoms with van der Waals surface area (Å²) in [6.45, 7) is -4.21. The number of hydrogen-bond acceptors (Lipinski definition) is 0. The molecular formula is C15H6BBr3F4N2. The second-order valence-corrected chi connectivity index (χ2v) is 7.98. The van der Waals surface area contributed by atoms with E-state index in [1.165, 1.54) is 30.4 Å². The van der Waals surface area contributed by atoms with E-state index in [1.54, 1.807) is 0 Å². The quantitative estimate of drug-likeness (QED) is 0.251. The van der Waals surface area contributed by atoms with Crippen LogP contribution >= 0.6 is 47.8 Å². The number of rotatable bonds is 1. The predicted molar refractivity (Wildman–Crippen MR) is 98.9 cm³/mol. The van der Waals surface area contributed by atoms with Crippen molar-refractivity contribution >= 4 is 65.0 Å². The Morgan fingerprint density at radius 2 is 1.68 bits per heavy atom. The number of aromatic nitrogens is 1. The van der Waals surface area contributed by atoms with Crippen molar-refractivity contribution in [3.05, 3.63) is 74.1 Å². The van der Waals surface area contributed by atoms with Crippen LogP contribution < -0.4 is 0 Å². The van der Waals surface area contributed by atoms with Crippen LogP contribution in [0.5, 0.6) is 0 Å². The van der Waals surface area contributed by atoms with Crippen LogP contribution in [-0.2, 0) is 0 Å². The van der Waals surface area contributed by atoms with Crippen molar-refractivity contribution in [2.45, 2.75) is 0 Å². The molecule has 0 saturated carbocycles. The predicted octanol–water partition coefficient (Wildman–Crippen LogP) is 5.66. The van der Waals surface area contributed by atoms with Crippen molar-refractivity contribution < 1.29 is 21.9 Å². The first-order valence-electron chi connectivity index (χ1n) is 7.02. The molecule has 0 fully saturated rings. The van der Waals surface area contributed by atoms with Gasteiger partial charge in [0, 0.05) is 43.8 Å². The third-order valence-electron chi connectivity index (χ3n) is 4.16. The molecule has 3 heterocycles. The zero-order valence-electron chi connectivity index (χ0n) is 12.1. The zero-order chi connectivity index (χ0) is 18.1. The molecule has 4 rings (SSSR count). The van der Waals surface area contributed by atoms with Crippen molar-refractivity contribution in [2.75, 3.05) is 0 Å². The summed E-state index contributed by atoms with van der Waals surface area (Å²) in [6, 6.07) is 5.24. The van der Waals surface area contributed by atoms with E-state index in [9.17, 15) is 8.78 Å². The zero-order valence-corrected chi connectivity index (χ0v) is 16.8. The molecule has 0 N–H and O–H groups in total. The summed E-state index contributed by atoms with van der Waals surface area (Å²) in [5.74, 6) is -2.15. The first-order valence-corrected chi connectivity index (χ1v) is 9.40. The standard InChI is InChI=1S/C15H6BBr3F4N2/c17-7-1-2-8(20)15(21)13(7)14-9-3-5-11(18)24(9)16(22,23)25-10(14)4-6-12(25)19/h1-6H. The van der Waals surface area contributed by atoms with Crippen molar-refractivity contribution in [3.8, 4) is 0 Å². The van der Waals surface area contributed by atoms with Crippen LogP contribution in [0.1, 0.15) is 11.3 Å². The van der Waals surface area contributed by atoms with Gasteiger partial charge in [-0.2, -0.15) is 0 Å². The van der Waals surface area contributed by atoms with Gasteiger partial charge in [-0.05, 0) is 40.2 Å². The molecule has 2 aliphatic heterocycles. The van der Waals surface area contributed by atoms with Gasteiger partial charge in [0.1, 0.15) is 0 Å². The van der Waals surface area contributed by atoms with Gasteiger partial charge in [0.15, 0.2) is 17.3 Å². The summed E-state index contributed by atoms with van der Waals surface area (Å²) in [5, 5.41) is 0. The highest BCUT2D eigenvalue weighted by Gasteiger charge is 2.54.